The zero-order chi connectivity index (χ0) is 19.2. The number of nitrogens with zero attached hydrogens (tertiary/aromatic N) is 3. The minimum Gasteiger partial charge on any atom is -0.467 e. The summed E-state index contributed by atoms with van der Waals surface area (Å²) in [5.74, 6) is -0.0732. The van der Waals surface area contributed by atoms with E-state index in [0.29, 0.717) is 28.3 Å². The molecule has 1 heterocycles. The topological polar surface area (TPSA) is 87.9 Å². The molecule has 27 heavy (non-hydrogen) atoms. The molecule has 1 N–H and O–H groups in total. The third kappa shape index (κ3) is 4.86. The van der Waals surface area contributed by atoms with E-state index in [-0.39, 0.29) is 24.2 Å². The molecule has 134 valence electrons. The molecule has 0 aliphatic heterocycles. The first kappa shape index (κ1) is 18.0. The summed E-state index contributed by atoms with van der Waals surface area (Å²) in [7, 11) is 0. The van der Waals surface area contributed by atoms with Crippen LogP contribution in [0.3, 0.4) is 0 Å². The number of hydrogen-bond donors (Lipinski definition) is 1. The summed E-state index contributed by atoms with van der Waals surface area (Å²) in [6, 6.07) is 15.9. The fourth-order valence-electron chi connectivity index (χ4n) is 2.31. The summed E-state index contributed by atoms with van der Waals surface area (Å²) < 4.78 is 18.5. The highest BCUT2D eigenvalue weighted by molar-refractivity contribution is 5.91. The molecule has 7 heteroatoms. The van der Waals surface area contributed by atoms with Gasteiger partial charge in [0.1, 0.15) is 5.82 Å². The number of nitrogens with one attached hydrogen (secondary N) is 1. The van der Waals surface area contributed by atoms with E-state index in [1.54, 1.807) is 49.4 Å². The number of carbonyl (C=O) groups is 1. The van der Waals surface area contributed by atoms with Crippen molar-refractivity contribution in [2.45, 2.75) is 6.92 Å². The van der Waals surface area contributed by atoms with Crippen LogP contribution in [0.2, 0.25) is 0 Å². The number of ether oxygens (including phenoxy) is 1. The van der Waals surface area contributed by atoms with Crippen molar-refractivity contribution in [3.63, 3.8) is 0 Å². The monoisotopic (exact) mass is 362 g/mol. The smallest absolute Gasteiger partial charge is 0.262 e. The maximum absolute atomic E-state index is 13.1. The third-order valence-corrected chi connectivity index (χ3v) is 3.58. The summed E-state index contributed by atoms with van der Waals surface area (Å²) in [5.41, 5.74) is 2.38. The summed E-state index contributed by atoms with van der Waals surface area (Å²) in [6.45, 7) is 1.54. The molecule has 0 aliphatic rings. The van der Waals surface area contributed by atoms with Gasteiger partial charge in [-0.3, -0.25) is 4.79 Å². The minimum absolute atomic E-state index is 0.237. The number of halogens is 1. The number of rotatable bonds is 5. The zero-order valence-electron chi connectivity index (χ0n) is 14.4. The van der Waals surface area contributed by atoms with Crippen LogP contribution in [0.15, 0.2) is 54.6 Å². The molecule has 2 aromatic carbocycles. The molecule has 0 bridgehead atoms. The van der Waals surface area contributed by atoms with Gasteiger partial charge in [0.15, 0.2) is 12.4 Å². The Morgan fingerprint density at radius 1 is 1.15 bits per heavy atom. The summed E-state index contributed by atoms with van der Waals surface area (Å²) >= 11 is 0. The molecule has 0 saturated heterocycles. The third-order valence-electron chi connectivity index (χ3n) is 3.58. The van der Waals surface area contributed by atoms with Crippen molar-refractivity contribution in [2.75, 3.05) is 11.9 Å². The van der Waals surface area contributed by atoms with E-state index in [2.05, 4.69) is 15.3 Å². The highest BCUT2D eigenvalue weighted by Crippen LogP contribution is 2.19. The summed E-state index contributed by atoms with van der Waals surface area (Å²) in [4.78, 5) is 20.6. The Hall–Kier alpha value is -3.79. The van der Waals surface area contributed by atoms with Crippen molar-refractivity contribution in [1.82, 2.24) is 9.97 Å². The molecule has 6 nitrogen and oxygen atoms in total. The maximum Gasteiger partial charge on any atom is 0.262 e. The van der Waals surface area contributed by atoms with E-state index in [4.69, 9.17) is 10.00 Å². The fourth-order valence-corrected chi connectivity index (χ4v) is 2.31. The first-order valence-corrected chi connectivity index (χ1v) is 8.08. The van der Waals surface area contributed by atoms with Crippen LogP contribution in [-0.4, -0.2) is 22.5 Å². The standard InChI is InChI=1S/C20H15FN4O2/c1-13-10-19(25-20(23-13)15-4-6-16(21)7-5-15)27-12-18(26)24-17-8-2-14(11-22)3-9-17/h2-10H,12H2,1H3,(H,24,26). The van der Waals surface area contributed by atoms with Crippen LogP contribution in [0.4, 0.5) is 10.1 Å². The maximum atomic E-state index is 13.1. The van der Waals surface area contributed by atoms with Crippen LogP contribution in [0.5, 0.6) is 5.88 Å². The minimum atomic E-state index is -0.362. The quantitative estimate of drug-likeness (QED) is 0.751. The number of hydrogen-bond acceptors (Lipinski definition) is 5. The molecule has 1 amide bonds. The van der Waals surface area contributed by atoms with Gasteiger partial charge < -0.3 is 10.1 Å². The Labute approximate surface area is 155 Å². The molecular weight excluding hydrogens is 347 g/mol. The Morgan fingerprint density at radius 2 is 1.85 bits per heavy atom. The van der Waals surface area contributed by atoms with Crippen molar-refractivity contribution in [1.29, 1.82) is 5.26 Å². The second kappa shape index (κ2) is 8.06. The van der Waals surface area contributed by atoms with Crippen LogP contribution in [0, 0.1) is 24.1 Å². The van der Waals surface area contributed by atoms with E-state index < -0.39 is 0 Å². The number of anilines is 1. The molecule has 0 spiro atoms. The lowest BCUT2D eigenvalue weighted by atomic mass is 10.2. The average molecular weight is 362 g/mol. The molecule has 3 rings (SSSR count). The number of carbonyl (C=O) groups excluding carboxylic acids is 1. The predicted octanol–water partition coefficient (Wildman–Crippen LogP) is 3.48. The van der Waals surface area contributed by atoms with E-state index in [0.717, 1.165) is 0 Å². The van der Waals surface area contributed by atoms with Gasteiger partial charge in [0.05, 0.1) is 11.6 Å². The number of nitriles is 1. The van der Waals surface area contributed by atoms with E-state index in [9.17, 15) is 9.18 Å². The molecule has 0 unspecified atom stereocenters. The molecule has 1 aromatic heterocycles. The van der Waals surface area contributed by atoms with E-state index in [1.165, 1.54) is 12.1 Å². The van der Waals surface area contributed by atoms with Crippen LogP contribution >= 0.6 is 0 Å². The number of amides is 1. The first-order valence-electron chi connectivity index (χ1n) is 8.08. The lowest BCUT2D eigenvalue weighted by Gasteiger charge is -2.09. The molecule has 0 fully saturated rings. The molecular formula is C20H15FN4O2. The van der Waals surface area contributed by atoms with Gasteiger partial charge in [0.25, 0.3) is 5.91 Å². The van der Waals surface area contributed by atoms with Gasteiger partial charge in [-0.1, -0.05) is 0 Å². The van der Waals surface area contributed by atoms with Crippen LogP contribution in [-0.2, 0) is 4.79 Å². The van der Waals surface area contributed by atoms with Gasteiger partial charge in [0, 0.05) is 23.0 Å². The number of aromatic nitrogens is 2. The SMILES string of the molecule is Cc1cc(OCC(=O)Nc2ccc(C#N)cc2)nc(-c2ccc(F)cc2)n1. The normalized spacial score (nSPS) is 10.1. The predicted molar refractivity (Wildman–Crippen MR) is 97.4 cm³/mol. The highest BCUT2D eigenvalue weighted by Gasteiger charge is 2.09. The van der Waals surface area contributed by atoms with Gasteiger partial charge in [-0.2, -0.15) is 10.2 Å². The lowest BCUT2D eigenvalue weighted by molar-refractivity contribution is -0.118. The fraction of sp³-hybridized carbons (Fsp3) is 0.100. The second-order valence-electron chi connectivity index (χ2n) is 5.70. The van der Waals surface area contributed by atoms with Crippen molar-refractivity contribution < 1.29 is 13.9 Å². The van der Waals surface area contributed by atoms with Gasteiger partial charge in [0.2, 0.25) is 5.88 Å². The van der Waals surface area contributed by atoms with Crippen molar-refractivity contribution in [3.8, 4) is 23.3 Å². The van der Waals surface area contributed by atoms with Crippen molar-refractivity contribution in [2.24, 2.45) is 0 Å². The lowest BCUT2D eigenvalue weighted by Crippen LogP contribution is -2.20. The van der Waals surface area contributed by atoms with Crippen molar-refractivity contribution >= 4 is 11.6 Å². The van der Waals surface area contributed by atoms with Crippen molar-refractivity contribution in [3.05, 3.63) is 71.7 Å². The van der Waals surface area contributed by atoms with Gasteiger partial charge >= 0.3 is 0 Å². The van der Waals surface area contributed by atoms with Crippen LogP contribution < -0.4 is 10.1 Å². The summed E-state index contributed by atoms with van der Waals surface area (Å²) in [5, 5.41) is 11.4. The second-order valence-corrected chi connectivity index (χ2v) is 5.70. The number of benzene rings is 2. The zero-order valence-corrected chi connectivity index (χ0v) is 14.4. The highest BCUT2D eigenvalue weighted by atomic mass is 19.1. The molecule has 0 saturated carbocycles. The Balaban J connectivity index is 1.65. The van der Waals surface area contributed by atoms with Gasteiger partial charge in [-0.25, -0.2) is 9.37 Å². The number of aryl methyl sites for hydroxylation is 1. The Kier molecular flexibility index (Phi) is 5.38. The molecule has 3 aromatic rings. The summed E-state index contributed by atoms with van der Waals surface area (Å²) in [6.07, 6.45) is 0. The Bertz CT molecular complexity index is 996. The van der Waals surface area contributed by atoms with Gasteiger partial charge in [-0.15, -0.1) is 0 Å². The average Bonchev–Trinajstić information content (AvgIpc) is 2.67. The molecule has 0 atom stereocenters. The molecule has 0 radical (unpaired) electrons. The van der Waals surface area contributed by atoms with E-state index in [1.807, 2.05) is 6.07 Å². The first-order chi connectivity index (χ1) is 13.0. The van der Waals surface area contributed by atoms with Crippen LogP contribution in [0.25, 0.3) is 11.4 Å². The van der Waals surface area contributed by atoms with E-state index >= 15 is 0 Å². The molecule has 0 aliphatic carbocycles. The van der Waals surface area contributed by atoms with Gasteiger partial charge in [-0.05, 0) is 55.5 Å². The largest absolute Gasteiger partial charge is 0.467 e. The Morgan fingerprint density at radius 3 is 2.52 bits per heavy atom. The van der Waals surface area contributed by atoms with Crippen LogP contribution in [0.1, 0.15) is 11.3 Å².